The molecule has 0 fully saturated rings. The molecule has 0 atom stereocenters. The molecule has 164 valence electrons. The van der Waals surface area contributed by atoms with Gasteiger partial charge in [0.05, 0.1) is 13.7 Å². The summed E-state index contributed by atoms with van der Waals surface area (Å²) in [6.45, 7) is -0.245. The van der Waals surface area contributed by atoms with E-state index < -0.39 is 15.9 Å². The van der Waals surface area contributed by atoms with Crippen molar-refractivity contribution in [1.82, 2.24) is 25.1 Å². The topological polar surface area (TPSA) is 149 Å². The largest absolute Gasteiger partial charge is 0.497 e. The predicted molar refractivity (Wildman–Crippen MR) is 115 cm³/mol. The number of ether oxygens (including phenoxy) is 1. The van der Waals surface area contributed by atoms with Gasteiger partial charge in [0.15, 0.2) is 0 Å². The molecule has 0 unspecified atom stereocenters. The van der Waals surface area contributed by atoms with E-state index in [2.05, 4.69) is 30.4 Å². The molecule has 2 heterocycles. The molecule has 2 N–H and O–H groups in total. The number of benzene rings is 2. The van der Waals surface area contributed by atoms with Crippen molar-refractivity contribution in [2.24, 2.45) is 0 Å². The molecule has 11 nitrogen and oxygen atoms in total. The summed E-state index contributed by atoms with van der Waals surface area (Å²) in [7, 11) is -2.47. The van der Waals surface area contributed by atoms with Crippen molar-refractivity contribution < 1.29 is 22.5 Å². The molecule has 4 aromatic rings. The first-order chi connectivity index (χ1) is 15.4. The zero-order valence-electron chi connectivity index (χ0n) is 16.5. The lowest BCUT2D eigenvalue weighted by atomic mass is 10.2. The van der Waals surface area contributed by atoms with Crippen LogP contribution in [0.4, 0.5) is 5.13 Å². The number of hydrogen-bond acceptors (Lipinski definition) is 10. The fourth-order valence-corrected chi connectivity index (χ4v) is 4.46. The predicted octanol–water partition coefficient (Wildman–Crippen LogP) is 2.33. The van der Waals surface area contributed by atoms with Crippen LogP contribution >= 0.6 is 11.3 Å². The van der Waals surface area contributed by atoms with Gasteiger partial charge in [0.1, 0.15) is 5.75 Å². The van der Waals surface area contributed by atoms with E-state index in [9.17, 15) is 13.2 Å². The smallest absolute Gasteiger partial charge is 0.270 e. The number of nitrogens with zero attached hydrogens (tertiary/aromatic N) is 4. The minimum atomic E-state index is -4.01. The number of rotatable bonds is 8. The zero-order valence-corrected chi connectivity index (χ0v) is 18.2. The Morgan fingerprint density at radius 3 is 2.72 bits per heavy atom. The summed E-state index contributed by atoms with van der Waals surface area (Å²) in [4.78, 5) is 16.4. The van der Waals surface area contributed by atoms with Gasteiger partial charge < -0.3 is 9.26 Å². The lowest BCUT2D eigenvalue weighted by molar-refractivity contribution is 0.102. The molecule has 0 aliphatic carbocycles. The highest BCUT2D eigenvalue weighted by Gasteiger charge is 2.22. The number of amides is 1. The number of sulfonamides is 1. The first kappa shape index (κ1) is 21.5. The van der Waals surface area contributed by atoms with Gasteiger partial charge in [-0.1, -0.05) is 46.8 Å². The van der Waals surface area contributed by atoms with E-state index in [1.54, 1.807) is 61.7 Å². The van der Waals surface area contributed by atoms with E-state index in [1.165, 1.54) is 0 Å². The van der Waals surface area contributed by atoms with Gasteiger partial charge >= 0.3 is 0 Å². The van der Waals surface area contributed by atoms with Crippen LogP contribution in [0.25, 0.3) is 11.4 Å². The number of methoxy groups -OCH3 is 1. The molecule has 0 spiro atoms. The second-order valence-electron chi connectivity index (χ2n) is 6.26. The van der Waals surface area contributed by atoms with Gasteiger partial charge in [-0.2, -0.15) is 9.71 Å². The van der Waals surface area contributed by atoms with Crippen LogP contribution in [0, 0.1) is 0 Å². The summed E-state index contributed by atoms with van der Waals surface area (Å²) in [6, 6.07) is 15.5. The Hall–Kier alpha value is -3.68. The third-order valence-corrected chi connectivity index (χ3v) is 6.71. The van der Waals surface area contributed by atoms with Crippen molar-refractivity contribution in [3.05, 3.63) is 66.1 Å². The Labute approximate surface area is 186 Å². The zero-order chi connectivity index (χ0) is 22.6. The summed E-state index contributed by atoms with van der Waals surface area (Å²) in [5.41, 5.74) is 1.07. The third kappa shape index (κ3) is 4.96. The number of hydrogen-bond donors (Lipinski definition) is 2. The normalized spacial score (nSPS) is 11.3. The summed E-state index contributed by atoms with van der Waals surface area (Å²) in [6.07, 6.45) is 0. The molecule has 0 bridgehead atoms. The van der Waals surface area contributed by atoms with Crippen LogP contribution in [-0.2, 0) is 16.6 Å². The highest BCUT2D eigenvalue weighted by Crippen LogP contribution is 2.22. The highest BCUT2D eigenvalue weighted by atomic mass is 32.2. The van der Waals surface area contributed by atoms with Gasteiger partial charge in [0, 0.05) is 11.1 Å². The molecular weight excluding hydrogens is 456 g/mol. The van der Waals surface area contributed by atoms with Gasteiger partial charge in [-0.15, -0.1) is 10.2 Å². The lowest BCUT2D eigenvalue weighted by Gasteiger charge is -2.01. The maximum Gasteiger partial charge on any atom is 0.270 e. The van der Waals surface area contributed by atoms with Crippen LogP contribution in [0.3, 0.4) is 0 Å². The molecule has 0 radical (unpaired) electrons. The second-order valence-corrected chi connectivity index (χ2v) is 9.18. The van der Waals surface area contributed by atoms with Gasteiger partial charge in [0.2, 0.25) is 21.2 Å². The molecule has 32 heavy (non-hydrogen) atoms. The molecule has 0 saturated heterocycles. The van der Waals surface area contributed by atoms with Crippen molar-refractivity contribution in [3.8, 4) is 17.1 Å². The van der Waals surface area contributed by atoms with Crippen LogP contribution in [0.15, 0.2) is 63.5 Å². The number of carbonyl (C=O) groups is 1. The summed E-state index contributed by atoms with van der Waals surface area (Å²) in [5, 5.41) is 13.8. The fourth-order valence-electron chi connectivity index (χ4n) is 2.55. The van der Waals surface area contributed by atoms with Gasteiger partial charge in [0.25, 0.3) is 15.9 Å². The Kier molecular flexibility index (Phi) is 6.20. The monoisotopic (exact) mass is 472 g/mol. The van der Waals surface area contributed by atoms with Crippen molar-refractivity contribution >= 4 is 32.4 Å². The van der Waals surface area contributed by atoms with Crippen molar-refractivity contribution in [2.45, 2.75) is 10.9 Å². The SMILES string of the molecule is COc1cccc(-c2noc(CNS(=O)(=O)c3nnc(NC(=O)c4ccccc4)s3)n2)c1. The third-order valence-electron chi connectivity index (χ3n) is 4.10. The molecule has 2 aromatic carbocycles. The average Bonchev–Trinajstić information content (AvgIpc) is 3.49. The van der Waals surface area contributed by atoms with Gasteiger partial charge in [-0.05, 0) is 24.3 Å². The molecule has 0 aliphatic rings. The molecule has 2 aromatic heterocycles. The number of anilines is 1. The minimum absolute atomic E-state index is 0.0531. The van der Waals surface area contributed by atoms with Crippen LogP contribution in [0.1, 0.15) is 16.2 Å². The summed E-state index contributed by atoms with van der Waals surface area (Å²) >= 11 is 0.719. The maximum atomic E-state index is 12.5. The molecule has 13 heteroatoms. The maximum absolute atomic E-state index is 12.5. The van der Waals surface area contributed by atoms with Crippen LogP contribution in [-0.4, -0.2) is 41.8 Å². The van der Waals surface area contributed by atoms with Crippen molar-refractivity contribution in [3.63, 3.8) is 0 Å². The van der Waals surface area contributed by atoms with E-state index in [4.69, 9.17) is 9.26 Å². The Morgan fingerprint density at radius 1 is 1.12 bits per heavy atom. The van der Waals surface area contributed by atoms with E-state index in [-0.39, 0.29) is 21.9 Å². The van der Waals surface area contributed by atoms with Gasteiger partial charge in [-0.25, -0.2) is 8.42 Å². The van der Waals surface area contributed by atoms with Crippen molar-refractivity contribution in [2.75, 3.05) is 12.4 Å². The summed E-state index contributed by atoms with van der Waals surface area (Å²) < 4.78 is 37.3. The summed E-state index contributed by atoms with van der Waals surface area (Å²) in [5.74, 6) is 0.559. The van der Waals surface area contributed by atoms with Crippen LogP contribution in [0.2, 0.25) is 0 Å². The van der Waals surface area contributed by atoms with Crippen molar-refractivity contribution in [1.29, 1.82) is 0 Å². The Bertz CT molecular complexity index is 1340. The van der Waals surface area contributed by atoms with E-state index in [0.717, 1.165) is 11.3 Å². The number of aromatic nitrogens is 4. The molecule has 0 saturated carbocycles. The number of carbonyl (C=O) groups excluding carboxylic acids is 1. The first-order valence-corrected chi connectivity index (χ1v) is 11.4. The molecule has 0 aliphatic heterocycles. The Balaban J connectivity index is 1.40. The standard InChI is InChI=1S/C19H16N6O5S2/c1-29-14-9-5-8-13(10-14)16-21-15(30-25-16)11-20-32(27,28)19-24-23-18(31-19)22-17(26)12-6-3-2-4-7-12/h2-10,20H,11H2,1H3,(H,22,23,26). The fraction of sp³-hybridized carbons (Fsp3) is 0.105. The van der Waals surface area contributed by atoms with E-state index >= 15 is 0 Å². The minimum Gasteiger partial charge on any atom is -0.497 e. The quantitative estimate of drug-likeness (QED) is 0.368. The van der Waals surface area contributed by atoms with E-state index in [0.29, 0.717) is 22.7 Å². The first-order valence-electron chi connectivity index (χ1n) is 9.11. The van der Waals surface area contributed by atoms with Gasteiger partial charge in [-0.3, -0.25) is 10.1 Å². The van der Waals surface area contributed by atoms with E-state index in [1.807, 2.05) is 0 Å². The second kappa shape index (κ2) is 9.21. The lowest BCUT2D eigenvalue weighted by Crippen LogP contribution is -2.23. The highest BCUT2D eigenvalue weighted by molar-refractivity contribution is 7.91. The molecule has 4 rings (SSSR count). The molecule has 1 amide bonds. The molecular formula is C19H16N6O5S2. The number of nitrogens with one attached hydrogen (secondary N) is 2. The van der Waals surface area contributed by atoms with Crippen LogP contribution in [0.5, 0.6) is 5.75 Å². The van der Waals surface area contributed by atoms with Crippen LogP contribution < -0.4 is 14.8 Å². The Morgan fingerprint density at radius 2 is 1.94 bits per heavy atom. The average molecular weight is 473 g/mol.